The van der Waals surface area contributed by atoms with Crippen molar-refractivity contribution >= 4 is 17.9 Å². The van der Waals surface area contributed by atoms with E-state index in [-0.39, 0.29) is 0 Å². The van der Waals surface area contributed by atoms with Crippen molar-refractivity contribution in [3.63, 3.8) is 0 Å². The molecule has 4 nitrogen and oxygen atoms in total. The molecule has 2 rings (SSSR count). The van der Waals surface area contributed by atoms with Crippen LogP contribution in [0.2, 0.25) is 0 Å². The Morgan fingerprint density at radius 3 is 2.86 bits per heavy atom. The van der Waals surface area contributed by atoms with E-state index in [0.717, 1.165) is 5.56 Å². The fraction of sp³-hybridized carbons (Fsp3) is 0.471. The number of carboxylic acid groups (broad SMARTS) is 1. The van der Waals surface area contributed by atoms with Gasteiger partial charge in [0.2, 0.25) is 0 Å². The summed E-state index contributed by atoms with van der Waals surface area (Å²) in [6.45, 7) is 0.331. The summed E-state index contributed by atoms with van der Waals surface area (Å²) in [5.74, 6) is 0. The third kappa shape index (κ3) is 4.81. The van der Waals surface area contributed by atoms with Crippen LogP contribution in [0, 0.1) is 0 Å². The molecule has 114 valence electrons. The van der Waals surface area contributed by atoms with Crippen LogP contribution in [0.25, 0.3) is 6.08 Å². The molecule has 1 saturated carbocycles. The van der Waals surface area contributed by atoms with Crippen molar-refractivity contribution < 1.29 is 9.90 Å². The standard InChI is InChI=1S/C17H24N2O2/c1-19(15-9-3-2-4-10-15)16-11-5-7-14(13-16)8-6-12-18-17(20)21/h5-8,11,13,15,18H,2-4,9-10,12H2,1H3,(H,20,21)/b8-6+. The Labute approximate surface area is 126 Å². The molecule has 1 amide bonds. The van der Waals surface area contributed by atoms with Crippen molar-refractivity contribution in [2.24, 2.45) is 0 Å². The zero-order valence-electron chi connectivity index (χ0n) is 12.6. The molecule has 0 radical (unpaired) electrons. The van der Waals surface area contributed by atoms with Gasteiger partial charge in [-0.2, -0.15) is 0 Å². The molecule has 1 aromatic rings. The van der Waals surface area contributed by atoms with Gasteiger partial charge in [0.25, 0.3) is 0 Å². The molecule has 0 spiro atoms. The number of hydrogen-bond acceptors (Lipinski definition) is 2. The van der Waals surface area contributed by atoms with E-state index in [2.05, 4.69) is 35.5 Å². The minimum absolute atomic E-state index is 0.331. The number of carbonyl (C=O) groups is 1. The number of benzene rings is 1. The number of nitrogens with one attached hydrogen (secondary N) is 1. The van der Waals surface area contributed by atoms with Crippen LogP contribution in [-0.4, -0.2) is 30.8 Å². The lowest BCUT2D eigenvalue weighted by molar-refractivity contribution is 0.195. The van der Waals surface area contributed by atoms with Gasteiger partial charge in [0, 0.05) is 25.3 Å². The first kappa shape index (κ1) is 15.4. The second-order valence-electron chi connectivity index (χ2n) is 5.59. The molecule has 4 heteroatoms. The van der Waals surface area contributed by atoms with E-state index in [0.29, 0.717) is 12.6 Å². The highest BCUT2D eigenvalue weighted by Gasteiger charge is 2.18. The van der Waals surface area contributed by atoms with E-state index >= 15 is 0 Å². The maximum atomic E-state index is 10.4. The van der Waals surface area contributed by atoms with Crippen molar-refractivity contribution in [3.8, 4) is 0 Å². The van der Waals surface area contributed by atoms with Crippen LogP contribution in [0.5, 0.6) is 0 Å². The lowest BCUT2D eigenvalue weighted by Crippen LogP contribution is -2.33. The fourth-order valence-corrected chi connectivity index (χ4v) is 2.87. The topological polar surface area (TPSA) is 52.6 Å². The van der Waals surface area contributed by atoms with Crippen LogP contribution in [0.15, 0.2) is 30.3 Å². The van der Waals surface area contributed by atoms with Gasteiger partial charge >= 0.3 is 6.09 Å². The van der Waals surface area contributed by atoms with Crippen molar-refractivity contribution in [1.82, 2.24) is 5.32 Å². The highest BCUT2D eigenvalue weighted by atomic mass is 16.4. The summed E-state index contributed by atoms with van der Waals surface area (Å²) < 4.78 is 0. The monoisotopic (exact) mass is 288 g/mol. The average Bonchev–Trinajstić information content (AvgIpc) is 2.52. The minimum Gasteiger partial charge on any atom is -0.465 e. The molecule has 0 atom stereocenters. The molecule has 0 aromatic heterocycles. The van der Waals surface area contributed by atoms with Gasteiger partial charge in [-0.3, -0.25) is 0 Å². The summed E-state index contributed by atoms with van der Waals surface area (Å²) in [7, 11) is 2.17. The molecule has 0 unspecified atom stereocenters. The Bertz CT molecular complexity index is 493. The van der Waals surface area contributed by atoms with Crippen molar-refractivity contribution in [3.05, 3.63) is 35.9 Å². The molecule has 0 aliphatic heterocycles. The predicted octanol–water partition coefficient (Wildman–Crippen LogP) is 3.74. The van der Waals surface area contributed by atoms with Crippen LogP contribution in [0.1, 0.15) is 37.7 Å². The van der Waals surface area contributed by atoms with Crippen LogP contribution in [-0.2, 0) is 0 Å². The Hall–Kier alpha value is -1.97. The average molecular weight is 288 g/mol. The normalized spacial score (nSPS) is 16.0. The molecule has 2 N–H and O–H groups in total. The summed E-state index contributed by atoms with van der Waals surface area (Å²) in [5, 5.41) is 10.8. The largest absolute Gasteiger partial charge is 0.465 e. The molecular weight excluding hydrogens is 264 g/mol. The summed E-state index contributed by atoms with van der Waals surface area (Å²) in [4.78, 5) is 12.8. The summed E-state index contributed by atoms with van der Waals surface area (Å²) in [6.07, 6.45) is 9.36. The first-order chi connectivity index (χ1) is 10.2. The molecular formula is C17H24N2O2. The summed E-state index contributed by atoms with van der Waals surface area (Å²) in [6, 6.07) is 9.04. The van der Waals surface area contributed by atoms with E-state index in [9.17, 15) is 4.79 Å². The number of anilines is 1. The number of rotatable bonds is 5. The van der Waals surface area contributed by atoms with Crippen LogP contribution in [0.4, 0.5) is 10.5 Å². The van der Waals surface area contributed by atoms with Gasteiger partial charge in [0.05, 0.1) is 0 Å². The third-order valence-corrected chi connectivity index (χ3v) is 4.08. The molecule has 21 heavy (non-hydrogen) atoms. The highest BCUT2D eigenvalue weighted by molar-refractivity contribution is 5.65. The second-order valence-corrected chi connectivity index (χ2v) is 5.59. The van der Waals surface area contributed by atoms with Gasteiger partial charge < -0.3 is 15.3 Å². The first-order valence-electron chi connectivity index (χ1n) is 7.63. The van der Waals surface area contributed by atoms with Gasteiger partial charge in [-0.1, -0.05) is 43.5 Å². The zero-order chi connectivity index (χ0) is 15.1. The van der Waals surface area contributed by atoms with Crippen LogP contribution >= 0.6 is 0 Å². The molecule has 1 aliphatic rings. The van der Waals surface area contributed by atoms with Gasteiger partial charge in [0.15, 0.2) is 0 Å². The predicted molar refractivity (Wildman–Crippen MR) is 86.8 cm³/mol. The second kappa shape index (κ2) is 7.72. The molecule has 0 heterocycles. The van der Waals surface area contributed by atoms with Gasteiger partial charge in [0.1, 0.15) is 0 Å². The number of amides is 1. The summed E-state index contributed by atoms with van der Waals surface area (Å²) >= 11 is 0. The number of hydrogen-bond donors (Lipinski definition) is 2. The molecule has 1 aromatic carbocycles. The van der Waals surface area contributed by atoms with Crippen molar-refractivity contribution in [2.75, 3.05) is 18.5 Å². The van der Waals surface area contributed by atoms with E-state index in [1.54, 1.807) is 0 Å². The Morgan fingerprint density at radius 2 is 2.14 bits per heavy atom. The quantitative estimate of drug-likeness (QED) is 0.868. The summed E-state index contributed by atoms with van der Waals surface area (Å²) in [5.41, 5.74) is 2.33. The molecule has 1 fully saturated rings. The third-order valence-electron chi connectivity index (χ3n) is 4.08. The van der Waals surface area contributed by atoms with Crippen molar-refractivity contribution in [2.45, 2.75) is 38.1 Å². The number of nitrogens with zero attached hydrogens (tertiary/aromatic N) is 1. The van der Waals surface area contributed by atoms with Crippen LogP contribution < -0.4 is 10.2 Å². The fourth-order valence-electron chi connectivity index (χ4n) is 2.87. The highest BCUT2D eigenvalue weighted by Crippen LogP contribution is 2.26. The maximum absolute atomic E-state index is 10.4. The van der Waals surface area contributed by atoms with Gasteiger partial charge in [-0.05, 0) is 30.5 Å². The van der Waals surface area contributed by atoms with Gasteiger partial charge in [-0.25, -0.2) is 4.79 Å². The minimum atomic E-state index is -0.995. The van der Waals surface area contributed by atoms with Crippen molar-refractivity contribution in [1.29, 1.82) is 0 Å². The van der Waals surface area contributed by atoms with E-state index in [1.165, 1.54) is 37.8 Å². The maximum Gasteiger partial charge on any atom is 0.404 e. The first-order valence-corrected chi connectivity index (χ1v) is 7.63. The Balaban J connectivity index is 1.97. The Kier molecular flexibility index (Phi) is 5.67. The smallest absolute Gasteiger partial charge is 0.404 e. The van der Waals surface area contributed by atoms with E-state index in [4.69, 9.17) is 5.11 Å². The SMILES string of the molecule is CN(c1cccc(/C=C/CNC(=O)O)c1)C1CCCCC1. The van der Waals surface area contributed by atoms with E-state index < -0.39 is 6.09 Å². The Morgan fingerprint density at radius 1 is 1.38 bits per heavy atom. The molecule has 1 aliphatic carbocycles. The van der Waals surface area contributed by atoms with Gasteiger partial charge in [-0.15, -0.1) is 0 Å². The van der Waals surface area contributed by atoms with Crippen LogP contribution in [0.3, 0.4) is 0 Å². The van der Waals surface area contributed by atoms with E-state index in [1.807, 2.05) is 18.2 Å². The molecule has 0 saturated heterocycles. The lowest BCUT2D eigenvalue weighted by atomic mass is 9.94. The zero-order valence-corrected chi connectivity index (χ0v) is 12.6. The lowest BCUT2D eigenvalue weighted by Gasteiger charge is -2.33. The molecule has 0 bridgehead atoms.